The molecule has 0 atom stereocenters. The summed E-state index contributed by atoms with van der Waals surface area (Å²) in [6, 6.07) is 9.06. The first-order chi connectivity index (χ1) is 13.5. The lowest BCUT2D eigenvalue weighted by Gasteiger charge is -2.21. The Morgan fingerprint density at radius 2 is 1.89 bits per heavy atom. The number of benzene rings is 2. The van der Waals surface area contributed by atoms with E-state index in [1.165, 1.54) is 14.2 Å². The van der Waals surface area contributed by atoms with Crippen LogP contribution in [0.25, 0.3) is 0 Å². The summed E-state index contributed by atoms with van der Waals surface area (Å²) in [5, 5.41) is 3.28. The van der Waals surface area contributed by atoms with Gasteiger partial charge in [0.05, 0.1) is 31.5 Å². The van der Waals surface area contributed by atoms with Gasteiger partial charge in [0.15, 0.2) is 11.5 Å². The van der Waals surface area contributed by atoms with E-state index in [0.717, 1.165) is 17.1 Å². The molecular weight excluding hydrogens is 384 g/mol. The van der Waals surface area contributed by atoms with Gasteiger partial charge in [-0.1, -0.05) is 24.6 Å². The molecule has 0 radical (unpaired) electrons. The minimum absolute atomic E-state index is 0.162. The van der Waals surface area contributed by atoms with Gasteiger partial charge in [0.25, 0.3) is 0 Å². The smallest absolute Gasteiger partial charge is 0.238 e. The molecule has 8 heteroatoms. The van der Waals surface area contributed by atoms with Crippen molar-refractivity contribution in [3.05, 3.63) is 40.9 Å². The van der Waals surface area contributed by atoms with E-state index in [1.807, 2.05) is 30.0 Å². The number of halogens is 1. The van der Waals surface area contributed by atoms with Crippen molar-refractivity contribution in [3.63, 3.8) is 0 Å². The van der Waals surface area contributed by atoms with Crippen LogP contribution in [0.1, 0.15) is 12.5 Å². The van der Waals surface area contributed by atoms with Crippen LogP contribution in [-0.4, -0.2) is 44.9 Å². The third kappa shape index (κ3) is 4.61. The van der Waals surface area contributed by atoms with Crippen LogP contribution in [0.5, 0.6) is 23.0 Å². The molecule has 0 saturated heterocycles. The first-order valence-electron chi connectivity index (χ1n) is 8.86. The number of carbonyl (C=O) groups excluding carboxylic acids is 1. The van der Waals surface area contributed by atoms with Crippen LogP contribution in [0, 0.1) is 0 Å². The number of fused-ring (bicyclic) bond motifs is 1. The average Bonchev–Trinajstić information content (AvgIpc) is 3.16. The molecule has 7 nitrogen and oxygen atoms in total. The molecule has 2 aromatic rings. The summed E-state index contributed by atoms with van der Waals surface area (Å²) in [7, 11) is 3.04. The largest absolute Gasteiger partial charge is 0.495 e. The third-order valence-electron chi connectivity index (χ3n) is 4.41. The lowest BCUT2D eigenvalue weighted by Crippen LogP contribution is -2.32. The fourth-order valence-corrected chi connectivity index (χ4v) is 3.16. The maximum atomic E-state index is 12.6. The van der Waals surface area contributed by atoms with E-state index in [0.29, 0.717) is 35.3 Å². The highest BCUT2D eigenvalue weighted by Crippen LogP contribution is 2.36. The normalized spacial score (nSPS) is 12.2. The van der Waals surface area contributed by atoms with Crippen LogP contribution in [0.4, 0.5) is 5.69 Å². The number of rotatable bonds is 8. The molecule has 0 unspecified atom stereocenters. The molecule has 150 valence electrons. The summed E-state index contributed by atoms with van der Waals surface area (Å²) in [5.74, 6) is 2.25. The highest BCUT2D eigenvalue weighted by Gasteiger charge is 2.17. The van der Waals surface area contributed by atoms with Crippen molar-refractivity contribution < 1.29 is 23.7 Å². The van der Waals surface area contributed by atoms with Gasteiger partial charge in [-0.25, -0.2) is 0 Å². The molecule has 1 heterocycles. The number of methoxy groups -OCH3 is 2. The first kappa shape index (κ1) is 20.1. The molecule has 28 heavy (non-hydrogen) atoms. The third-order valence-corrected chi connectivity index (χ3v) is 4.70. The second-order valence-electron chi connectivity index (χ2n) is 6.23. The number of likely N-dealkylation sites (N-methyl/N-ethyl adjacent to an activating group) is 1. The van der Waals surface area contributed by atoms with E-state index in [2.05, 4.69) is 5.32 Å². The summed E-state index contributed by atoms with van der Waals surface area (Å²) < 4.78 is 21.3. The summed E-state index contributed by atoms with van der Waals surface area (Å²) in [5.41, 5.74) is 1.55. The van der Waals surface area contributed by atoms with Crippen LogP contribution >= 0.6 is 11.6 Å². The monoisotopic (exact) mass is 406 g/mol. The molecule has 0 fully saturated rings. The summed E-state index contributed by atoms with van der Waals surface area (Å²) in [4.78, 5) is 14.6. The Morgan fingerprint density at radius 3 is 2.61 bits per heavy atom. The molecule has 0 saturated carbocycles. The van der Waals surface area contributed by atoms with Gasteiger partial charge in [-0.2, -0.15) is 0 Å². The van der Waals surface area contributed by atoms with Crippen molar-refractivity contribution in [1.29, 1.82) is 0 Å². The van der Waals surface area contributed by atoms with E-state index in [4.69, 9.17) is 30.5 Å². The van der Waals surface area contributed by atoms with Crippen molar-refractivity contribution >= 4 is 23.2 Å². The molecule has 0 spiro atoms. The van der Waals surface area contributed by atoms with Crippen LogP contribution in [0.3, 0.4) is 0 Å². The van der Waals surface area contributed by atoms with Gasteiger partial charge in [-0.05, 0) is 24.2 Å². The molecule has 0 aromatic heterocycles. The highest BCUT2D eigenvalue weighted by atomic mass is 35.5. The molecule has 0 aliphatic carbocycles. The maximum Gasteiger partial charge on any atom is 0.238 e. The van der Waals surface area contributed by atoms with Crippen molar-refractivity contribution in [2.75, 3.05) is 39.4 Å². The molecule has 1 aliphatic heterocycles. The van der Waals surface area contributed by atoms with E-state index >= 15 is 0 Å². The quantitative estimate of drug-likeness (QED) is 0.723. The van der Waals surface area contributed by atoms with Gasteiger partial charge in [0.1, 0.15) is 11.5 Å². The summed E-state index contributed by atoms with van der Waals surface area (Å²) in [6.45, 7) is 3.79. The Kier molecular flexibility index (Phi) is 6.49. The zero-order valence-electron chi connectivity index (χ0n) is 16.1. The Morgan fingerprint density at radius 1 is 1.14 bits per heavy atom. The predicted molar refractivity (Wildman–Crippen MR) is 107 cm³/mol. The van der Waals surface area contributed by atoms with Crippen molar-refractivity contribution in [2.24, 2.45) is 0 Å². The molecule has 3 rings (SSSR count). The lowest BCUT2D eigenvalue weighted by molar-refractivity contribution is -0.117. The second kappa shape index (κ2) is 9.03. The van der Waals surface area contributed by atoms with Gasteiger partial charge in [0.2, 0.25) is 12.7 Å². The molecule has 1 aliphatic rings. The fourth-order valence-electron chi connectivity index (χ4n) is 2.93. The van der Waals surface area contributed by atoms with Gasteiger partial charge < -0.3 is 24.3 Å². The predicted octanol–water partition coefficient (Wildman–Crippen LogP) is 3.55. The maximum absolute atomic E-state index is 12.6. The SMILES string of the molecule is CCN(CC(=O)Nc1cc(OC)c(Cl)cc1OC)Cc1ccc2c(c1)OCO2. The van der Waals surface area contributed by atoms with Crippen molar-refractivity contribution in [1.82, 2.24) is 4.90 Å². The Bertz CT molecular complexity index is 859. The lowest BCUT2D eigenvalue weighted by atomic mass is 10.2. The zero-order chi connectivity index (χ0) is 20.1. The van der Waals surface area contributed by atoms with Crippen LogP contribution in [0.15, 0.2) is 30.3 Å². The van der Waals surface area contributed by atoms with E-state index in [1.54, 1.807) is 12.1 Å². The summed E-state index contributed by atoms with van der Waals surface area (Å²) in [6.07, 6.45) is 0. The minimum atomic E-state index is -0.162. The number of hydrogen-bond acceptors (Lipinski definition) is 6. The van der Waals surface area contributed by atoms with E-state index in [-0.39, 0.29) is 19.2 Å². The Hall–Kier alpha value is -2.64. The number of nitrogens with zero attached hydrogens (tertiary/aromatic N) is 1. The standard InChI is InChI=1S/C20H23ClN2O5/c1-4-23(10-13-5-6-16-19(7-13)28-12-27-16)11-20(24)22-15-9-17(25-2)14(21)8-18(15)26-3/h5-9H,4,10-12H2,1-3H3,(H,22,24). The zero-order valence-corrected chi connectivity index (χ0v) is 16.8. The van der Waals surface area contributed by atoms with Gasteiger partial charge in [0, 0.05) is 18.7 Å². The molecule has 2 aromatic carbocycles. The van der Waals surface area contributed by atoms with Crippen LogP contribution in [-0.2, 0) is 11.3 Å². The Labute approximate surface area is 169 Å². The van der Waals surface area contributed by atoms with Gasteiger partial charge in [-0.15, -0.1) is 0 Å². The molecule has 1 N–H and O–H groups in total. The van der Waals surface area contributed by atoms with Crippen molar-refractivity contribution in [3.8, 4) is 23.0 Å². The Balaban J connectivity index is 1.66. The topological polar surface area (TPSA) is 69.3 Å². The van der Waals surface area contributed by atoms with E-state index in [9.17, 15) is 4.79 Å². The minimum Gasteiger partial charge on any atom is -0.495 e. The highest BCUT2D eigenvalue weighted by molar-refractivity contribution is 6.32. The van der Waals surface area contributed by atoms with Gasteiger partial charge in [-0.3, -0.25) is 9.69 Å². The van der Waals surface area contributed by atoms with Crippen LogP contribution < -0.4 is 24.3 Å². The average molecular weight is 407 g/mol. The number of amides is 1. The van der Waals surface area contributed by atoms with Gasteiger partial charge >= 0.3 is 0 Å². The summed E-state index contributed by atoms with van der Waals surface area (Å²) >= 11 is 6.11. The number of ether oxygens (including phenoxy) is 4. The molecule has 0 bridgehead atoms. The number of carbonyl (C=O) groups is 1. The molecule has 1 amide bonds. The fraction of sp³-hybridized carbons (Fsp3) is 0.350. The number of hydrogen-bond donors (Lipinski definition) is 1. The van der Waals surface area contributed by atoms with Crippen LogP contribution in [0.2, 0.25) is 5.02 Å². The number of nitrogens with one attached hydrogen (secondary N) is 1. The van der Waals surface area contributed by atoms with E-state index < -0.39 is 0 Å². The molecular formula is C20H23ClN2O5. The first-order valence-corrected chi connectivity index (χ1v) is 9.24. The second-order valence-corrected chi connectivity index (χ2v) is 6.63. The van der Waals surface area contributed by atoms with Crippen molar-refractivity contribution in [2.45, 2.75) is 13.5 Å². The number of anilines is 1.